The molecule has 142 valence electrons. The van der Waals surface area contributed by atoms with Crippen LogP contribution in [0, 0.1) is 13.8 Å². The highest BCUT2D eigenvalue weighted by atomic mass is 32.2. The van der Waals surface area contributed by atoms with Gasteiger partial charge in [-0.15, -0.1) is 0 Å². The Bertz CT molecular complexity index is 1120. The van der Waals surface area contributed by atoms with Crippen LogP contribution in [0.2, 0.25) is 0 Å². The van der Waals surface area contributed by atoms with E-state index < -0.39 is 21.9 Å². The molecule has 2 N–H and O–H groups in total. The summed E-state index contributed by atoms with van der Waals surface area (Å²) in [5, 5.41) is 8.87. The van der Waals surface area contributed by atoms with Crippen LogP contribution >= 0.6 is 0 Å². The number of alkyl halides is 3. The Labute approximate surface area is 154 Å². The molecule has 3 rings (SSSR count). The average Bonchev–Trinajstić information content (AvgIpc) is 2.99. The van der Waals surface area contributed by atoms with Crippen molar-refractivity contribution in [2.24, 2.45) is 5.14 Å². The zero-order valence-corrected chi connectivity index (χ0v) is 15.3. The number of hydrogen-bond donors (Lipinski definition) is 1. The van der Waals surface area contributed by atoms with Gasteiger partial charge < -0.3 is 0 Å². The average molecular weight is 395 g/mol. The van der Waals surface area contributed by atoms with Gasteiger partial charge in [0.15, 0.2) is 5.69 Å². The maximum Gasteiger partial charge on any atom is 0.435 e. The summed E-state index contributed by atoms with van der Waals surface area (Å²) in [6.45, 7) is 3.63. The lowest BCUT2D eigenvalue weighted by Gasteiger charge is -2.13. The predicted octanol–water partition coefficient (Wildman–Crippen LogP) is 3.82. The molecule has 0 amide bonds. The molecule has 1 aromatic heterocycles. The van der Waals surface area contributed by atoms with Gasteiger partial charge in [-0.05, 0) is 37.6 Å². The Hall–Kier alpha value is -2.65. The highest BCUT2D eigenvalue weighted by molar-refractivity contribution is 7.89. The molecule has 0 aliphatic rings. The molecule has 9 heteroatoms. The first kappa shape index (κ1) is 19.1. The molecular weight excluding hydrogens is 379 g/mol. The summed E-state index contributed by atoms with van der Waals surface area (Å²) in [6, 6.07) is 11.7. The number of primary sulfonamides is 1. The molecule has 0 bridgehead atoms. The quantitative estimate of drug-likeness (QED) is 0.732. The highest BCUT2D eigenvalue weighted by Crippen LogP contribution is 2.35. The Morgan fingerprint density at radius 2 is 1.70 bits per heavy atom. The van der Waals surface area contributed by atoms with Crippen molar-refractivity contribution >= 4 is 10.0 Å². The minimum absolute atomic E-state index is 0.0505. The summed E-state index contributed by atoms with van der Waals surface area (Å²) in [7, 11) is -4.17. The van der Waals surface area contributed by atoms with Crippen LogP contribution in [0.25, 0.3) is 16.9 Å². The van der Waals surface area contributed by atoms with Crippen molar-refractivity contribution in [2.75, 3.05) is 0 Å². The molecule has 0 atom stereocenters. The van der Waals surface area contributed by atoms with Gasteiger partial charge in [-0.1, -0.05) is 35.9 Å². The second-order valence-electron chi connectivity index (χ2n) is 6.16. The third-order valence-corrected chi connectivity index (χ3v) is 5.02. The van der Waals surface area contributed by atoms with Gasteiger partial charge in [0.1, 0.15) is 4.90 Å². The monoisotopic (exact) mass is 395 g/mol. The Morgan fingerprint density at radius 1 is 1.04 bits per heavy atom. The van der Waals surface area contributed by atoms with E-state index in [0.717, 1.165) is 21.9 Å². The van der Waals surface area contributed by atoms with Gasteiger partial charge in [0, 0.05) is 5.56 Å². The topological polar surface area (TPSA) is 78.0 Å². The van der Waals surface area contributed by atoms with Crippen LogP contribution in [0.4, 0.5) is 13.2 Å². The number of halogens is 3. The van der Waals surface area contributed by atoms with Crippen molar-refractivity contribution in [1.29, 1.82) is 0 Å². The summed E-state index contributed by atoms with van der Waals surface area (Å²) in [5.74, 6) is 0. The lowest BCUT2D eigenvalue weighted by molar-refractivity contribution is -0.141. The zero-order valence-electron chi connectivity index (χ0n) is 14.4. The number of aromatic nitrogens is 2. The molecule has 2 aromatic carbocycles. The lowest BCUT2D eigenvalue weighted by atomic mass is 10.0. The van der Waals surface area contributed by atoms with Gasteiger partial charge in [0.05, 0.1) is 11.4 Å². The van der Waals surface area contributed by atoms with Gasteiger partial charge in [0.25, 0.3) is 0 Å². The first-order valence-electron chi connectivity index (χ1n) is 7.85. The number of sulfonamides is 1. The molecule has 0 radical (unpaired) electrons. The number of benzene rings is 2. The van der Waals surface area contributed by atoms with Crippen LogP contribution in [0.1, 0.15) is 16.8 Å². The standard InChI is InChI=1S/C18H16F3N3O2S/c1-11-7-8-13(12(2)9-11)15-10-17(18(19,20)21)23-24(15)14-5-3-4-6-16(14)27(22,25)26/h3-10H,1-2H3,(H2,22,25,26). The first-order valence-corrected chi connectivity index (χ1v) is 9.40. The van der Waals surface area contributed by atoms with E-state index >= 15 is 0 Å². The molecule has 0 spiro atoms. The van der Waals surface area contributed by atoms with Crippen LogP contribution in [0.15, 0.2) is 53.4 Å². The maximum absolute atomic E-state index is 13.3. The van der Waals surface area contributed by atoms with Gasteiger partial charge in [0.2, 0.25) is 10.0 Å². The third-order valence-electron chi connectivity index (χ3n) is 4.06. The molecule has 5 nitrogen and oxygen atoms in total. The molecule has 0 aliphatic carbocycles. The minimum atomic E-state index is -4.69. The fourth-order valence-electron chi connectivity index (χ4n) is 2.87. The van der Waals surface area contributed by atoms with Gasteiger partial charge in [-0.2, -0.15) is 18.3 Å². The molecule has 3 aromatic rings. The van der Waals surface area contributed by atoms with Crippen LogP contribution in [0.5, 0.6) is 0 Å². The molecule has 0 aliphatic heterocycles. The fraction of sp³-hybridized carbons (Fsp3) is 0.167. The van der Waals surface area contributed by atoms with Crippen LogP contribution in [0.3, 0.4) is 0 Å². The van der Waals surface area contributed by atoms with Crippen molar-refractivity contribution < 1.29 is 21.6 Å². The van der Waals surface area contributed by atoms with Crippen LogP contribution < -0.4 is 5.14 Å². The number of rotatable bonds is 3. The molecular formula is C18H16F3N3O2S. The number of hydrogen-bond acceptors (Lipinski definition) is 3. The first-order chi connectivity index (χ1) is 12.5. The Kier molecular flexibility index (Phi) is 4.61. The van der Waals surface area contributed by atoms with E-state index in [1.165, 1.54) is 24.3 Å². The van der Waals surface area contributed by atoms with Crippen molar-refractivity contribution in [3.63, 3.8) is 0 Å². The fourth-order valence-corrected chi connectivity index (χ4v) is 3.58. The zero-order chi connectivity index (χ0) is 20.0. The third kappa shape index (κ3) is 3.74. The Balaban J connectivity index is 2.36. The lowest BCUT2D eigenvalue weighted by Crippen LogP contribution is -2.16. The molecule has 0 unspecified atom stereocenters. The molecule has 27 heavy (non-hydrogen) atoms. The van der Waals surface area contributed by atoms with Crippen molar-refractivity contribution in [1.82, 2.24) is 9.78 Å². The molecule has 0 saturated carbocycles. The molecule has 1 heterocycles. The van der Waals surface area contributed by atoms with E-state index in [2.05, 4.69) is 5.10 Å². The number of nitrogens with zero attached hydrogens (tertiary/aromatic N) is 2. The van der Waals surface area contributed by atoms with Crippen molar-refractivity contribution in [3.05, 3.63) is 65.4 Å². The maximum atomic E-state index is 13.3. The van der Waals surface area contributed by atoms with Gasteiger partial charge in [-0.25, -0.2) is 18.2 Å². The Morgan fingerprint density at radius 3 is 2.30 bits per heavy atom. The van der Waals surface area contributed by atoms with E-state index in [0.29, 0.717) is 5.56 Å². The summed E-state index contributed by atoms with van der Waals surface area (Å²) in [6.07, 6.45) is -4.69. The summed E-state index contributed by atoms with van der Waals surface area (Å²) < 4.78 is 64.7. The van der Waals surface area contributed by atoms with E-state index in [9.17, 15) is 21.6 Å². The molecule has 0 fully saturated rings. The van der Waals surface area contributed by atoms with E-state index in [-0.39, 0.29) is 16.3 Å². The smallest absolute Gasteiger partial charge is 0.231 e. The summed E-state index contributed by atoms with van der Waals surface area (Å²) in [5.41, 5.74) is 1.14. The number of para-hydroxylation sites is 1. The van der Waals surface area contributed by atoms with E-state index in [1.807, 2.05) is 13.0 Å². The largest absolute Gasteiger partial charge is 0.435 e. The van der Waals surface area contributed by atoms with Crippen molar-refractivity contribution in [3.8, 4) is 16.9 Å². The normalized spacial score (nSPS) is 12.4. The van der Waals surface area contributed by atoms with E-state index in [1.54, 1.807) is 19.1 Å². The highest BCUT2D eigenvalue weighted by Gasteiger charge is 2.36. The SMILES string of the molecule is Cc1ccc(-c2cc(C(F)(F)F)nn2-c2ccccc2S(N)(=O)=O)c(C)c1. The predicted molar refractivity (Wildman–Crippen MR) is 94.8 cm³/mol. The van der Waals surface area contributed by atoms with E-state index in [4.69, 9.17) is 5.14 Å². The summed E-state index contributed by atoms with van der Waals surface area (Å²) in [4.78, 5) is -0.312. The minimum Gasteiger partial charge on any atom is -0.231 e. The second-order valence-corrected chi connectivity index (χ2v) is 7.69. The number of nitrogens with two attached hydrogens (primary N) is 1. The van der Waals surface area contributed by atoms with Crippen LogP contribution in [-0.4, -0.2) is 18.2 Å². The summed E-state index contributed by atoms with van der Waals surface area (Å²) >= 11 is 0. The molecule has 0 saturated heterocycles. The van der Waals surface area contributed by atoms with Crippen molar-refractivity contribution in [2.45, 2.75) is 24.9 Å². The van der Waals surface area contributed by atoms with Gasteiger partial charge in [-0.3, -0.25) is 0 Å². The van der Waals surface area contributed by atoms with Gasteiger partial charge >= 0.3 is 6.18 Å². The van der Waals surface area contributed by atoms with Crippen LogP contribution in [-0.2, 0) is 16.2 Å². The second kappa shape index (κ2) is 6.50. The number of aryl methyl sites for hydroxylation is 2.